The SMILES string of the molecule is COc1cc(Br)cc(OC)c1C1(N)CCC1. The summed E-state index contributed by atoms with van der Waals surface area (Å²) >= 11 is 3.43. The zero-order valence-corrected chi connectivity index (χ0v) is 11.1. The van der Waals surface area contributed by atoms with E-state index in [0.29, 0.717) is 0 Å². The van der Waals surface area contributed by atoms with E-state index < -0.39 is 0 Å². The van der Waals surface area contributed by atoms with Crippen molar-refractivity contribution in [2.75, 3.05) is 14.2 Å². The molecule has 4 heteroatoms. The number of hydrogen-bond donors (Lipinski definition) is 1. The number of rotatable bonds is 3. The maximum atomic E-state index is 6.35. The van der Waals surface area contributed by atoms with E-state index in [-0.39, 0.29) is 5.54 Å². The van der Waals surface area contributed by atoms with Gasteiger partial charge in [-0.1, -0.05) is 15.9 Å². The summed E-state index contributed by atoms with van der Waals surface area (Å²) in [4.78, 5) is 0. The van der Waals surface area contributed by atoms with Crippen LogP contribution in [-0.2, 0) is 5.54 Å². The van der Waals surface area contributed by atoms with Gasteiger partial charge in [0.1, 0.15) is 11.5 Å². The molecule has 1 aliphatic carbocycles. The van der Waals surface area contributed by atoms with Gasteiger partial charge in [-0.2, -0.15) is 0 Å². The van der Waals surface area contributed by atoms with Gasteiger partial charge in [0.25, 0.3) is 0 Å². The highest BCUT2D eigenvalue weighted by atomic mass is 79.9. The molecule has 0 atom stereocenters. The summed E-state index contributed by atoms with van der Waals surface area (Å²) in [5.74, 6) is 1.60. The number of hydrogen-bond acceptors (Lipinski definition) is 3. The molecule has 1 aromatic carbocycles. The number of benzene rings is 1. The van der Waals surface area contributed by atoms with Crippen molar-refractivity contribution in [1.29, 1.82) is 0 Å². The second-order valence-electron chi connectivity index (χ2n) is 4.20. The molecule has 2 N–H and O–H groups in total. The first-order valence-electron chi connectivity index (χ1n) is 5.31. The van der Waals surface area contributed by atoms with Crippen LogP contribution in [0, 0.1) is 0 Å². The van der Waals surface area contributed by atoms with Crippen LogP contribution in [0.2, 0.25) is 0 Å². The van der Waals surface area contributed by atoms with Gasteiger partial charge >= 0.3 is 0 Å². The van der Waals surface area contributed by atoms with Gasteiger partial charge in [0.05, 0.1) is 19.8 Å². The average Bonchev–Trinajstić information content (AvgIpc) is 2.24. The monoisotopic (exact) mass is 285 g/mol. The molecule has 3 nitrogen and oxygen atoms in total. The van der Waals surface area contributed by atoms with E-state index in [1.165, 1.54) is 6.42 Å². The molecule has 0 spiro atoms. The third-order valence-electron chi connectivity index (χ3n) is 3.21. The summed E-state index contributed by atoms with van der Waals surface area (Å²) in [6, 6.07) is 3.87. The molecule has 0 aliphatic heterocycles. The van der Waals surface area contributed by atoms with Gasteiger partial charge in [-0.25, -0.2) is 0 Å². The molecule has 1 fully saturated rings. The summed E-state index contributed by atoms with van der Waals surface area (Å²) < 4.78 is 11.7. The van der Waals surface area contributed by atoms with Gasteiger partial charge in [0.2, 0.25) is 0 Å². The van der Waals surface area contributed by atoms with Crippen LogP contribution in [0.15, 0.2) is 16.6 Å². The predicted molar refractivity (Wildman–Crippen MR) is 67.0 cm³/mol. The third kappa shape index (κ3) is 1.80. The lowest BCUT2D eigenvalue weighted by molar-refractivity contribution is 0.234. The van der Waals surface area contributed by atoms with Crippen molar-refractivity contribution < 1.29 is 9.47 Å². The number of methoxy groups -OCH3 is 2. The molecule has 0 amide bonds. The molecule has 1 aromatic rings. The summed E-state index contributed by atoms with van der Waals surface area (Å²) in [7, 11) is 3.32. The summed E-state index contributed by atoms with van der Waals surface area (Å²) in [5, 5.41) is 0. The molecule has 16 heavy (non-hydrogen) atoms. The fourth-order valence-corrected chi connectivity index (χ4v) is 2.59. The van der Waals surface area contributed by atoms with E-state index in [9.17, 15) is 0 Å². The van der Waals surface area contributed by atoms with Gasteiger partial charge in [-0.15, -0.1) is 0 Å². The van der Waals surface area contributed by atoms with Crippen molar-refractivity contribution in [2.45, 2.75) is 24.8 Å². The van der Waals surface area contributed by atoms with Crippen LogP contribution < -0.4 is 15.2 Å². The first-order chi connectivity index (χ1) is 7.60. The zero-order chi connectivity index (χ0) is 11.8. The minimum Gasteiger partial charge on any atom is -0.496 e. The molecule has 0 heterocycles. The Morgan fingerprint density at radius 1 is 1.19 bits per heavy atom. The number of halogens is 1. The van der Waals surface area contributed by atoms with E-state index >= 15 is 0 Å². The average molecular weight is 286 g/mol. The van der Waals surface area contributed by atoms with Crippen LogP contribution in [0.3, 0.4) is 0 Å². The highest BCUT2D eigenvalue weighted by molar-refractivity contribution is 9.10. The predicted octanol–water partition coefficient (Wildman–Crippen LogP) is 2.80. The molecular formula is C12H16BrNO2. The van der Waals surface area contributed by atoms with E-state index in [1.54, 1.807) is 14.2 Å². The van der Waals surface area contributed by atoms with Gasteiger partial charge in [-0.3, -0.25) is 0 Å². The minimum atomic E-state index is -0.280. The molecule has 1 saturated carbocycles. The van der Waals surface area contributed by atoms with Crippen LogP contribution in [0.5, 0.6) is 11.5 Å². The van der Waals surface area contributed by atoms with Crippen LogP contribution in [-0.4, -0.2) is 14.2 Å². The van der Waals surface area contributed by atoms with Crippen molar-refractivity contribution in [3.63, 3.8) is 0 Å². The third-order valence-corrected chi connectivity index (χ3v) is 3.67. The van der Waals surface area contributed by atoms with Crippen LogP contribution in [0.4, 0.5) is 0 Å². The summed E-state index contributed by atoms with van der Waals surface area (Å²) in [6.45, 7) is 0. The Bertz CT molecular complexity index is 377. The maximum Gasteiger partial charge on any atom is 0.128 e. The Kier molecular flexibility index (Phi) is 3.13. The van der Waals surface area contributed by atoms with E-state index in [2.05, 4.69) is 15.9 Å². The van der Waals surface area contributed by atoms with Crippen molar-refractivity contribution in [1.82, 2.24) is 0 Å². The van der Waals surface area contributed by atoms with Gasteiger partial charge < -0.3 is 15.2 Å². The Labute approximate surface area is 104 Å². The molecule has 88 valence electrons. The lowest BCUT2D eigenvalue weighted by atomic mass is 9.72. The van der Waals surface area contributed by atoms with Crippen LogP contribution in [0.25, 0.3) is 0 Å². The number of ether oxygens (including phenoxy) is 2. The fourth-order valence-electron chi connectivity index (χ4n) is 2.18. The van der Waals surface area contributed by atoms with Crippen molar-refractivity contribution in [3.05, 3.63) is 22.2 Å². The standard InChI is InChI=1S/C12H16BrNO2/c1-15-9-6-8(13)7-10(16-2)11(9)12(14)4-3-5-12/h6-7H,3-5,14H2,1-2H3. The van der Waals surface area contributed by atoms with E-state index in [4.69, 9.17) is 15.2 Å². The van der Waals surface area contributed by atoms with Gasteiger partial charge in [-0.05, 0) is 31.4 Å². The van der Waals surface area contributed by atoms with Gasteiger partial charge in [0.15, 0.2) is 0 Å². The summed E-state index contributed by atoms with van der Waals surface area (Å²) in [5.41, 5.74) is 7.06. The van der Waals surface area contributed by atoms with Crippen LogP contribution >= 0.6 is 15.9 Å². The Morgan fingerprint density at radius 2 is 1.69 bits per heavy atom. The normalized spacial score (nSPS) is 17.8. The molecule has 0 aromatic heterocycles. The van der Waals surface area contributed by atoms with Crippen molar-refractivity contribution in [2.24, 2.45) is 5.73 Å². The second kappa shape index (κ2) is 4.26. The Hall–Kier alpha value is -0.740. The second-order valence-corrected chi connectivity index (χ2v) is 5.11. The molecule has 2 rings (SSSR count). The lowest BCUT2D eigenvalue weighted by Crippen LogP contribution is -2.43. The Morgan fingerprint density at radius 3 is 2.00 bits per heavy atom. The zero-order valence-electron chi connectivity index (χ0n) is 9.55. The highest BCUT2D eigenvalue weighted by Gasteiger charge is 2.39. The molecule has 0 unspecified atom stereocenters. The van der Waals surface area contributed by atoms with E-state index in [0.717, 1.165) is 34.4 Å². The van der Waals surface area contributed by atoms with Gasteiger partial charge in [0, 0.05) is 10.0 Å². The Balaban J connectivity index is 2.55. The van der Waals surface area contributed by atoms with Crippen molar-refractivity contribution in [3.8, 4) is 11.5 Å². The lowest BCUT2D eigenvalue weighted by Gasteiger charge is -2.40. The molecule has 0 radical (unpaired) electrons. The van der Waals surface area contributed by atoms with Crippen molar-refractivity contribution >= 4 is 15.9 Å². The summed E-state index contributed by atoms with van der Waals surface area (Å²) in [6.07, 6.45) is 3.14. The topological polar surface area (TPSA) is 44.5 Å². The first-order valence-corrected chi connectivity index (χ1v) is 6.11. The maximum absolute atomic E-state index is 6.35. The first kappa shape index (κ1) is 11.7. The molecular weight excluding hydrogens is 270 g/mol. The molecule has 0 bridgehead atoms. The quantitative estimate of drug-likeness (QED) is 0.929. The van der Waals surface area contributed by atoms with E-state index in [1.807, 2.05) is 12.1 Å². The smallest absolute Gasteiger partial charge is 0.128 e. The fraction of sp³-hybridized carbons (Fsp3) is 0.500. The van der Waals surface area contributed by atoms with Crippen LogP contribution in [0.1, 0.15) is 24.8 Å². The molecule has 0 saturated heterocycles. The minimum absolute atomic E-state index is 0.280. The molecule has 1 aliphatic rings. The highest BCUT2D eigenvalue weighted by Crippen LogP contribution is 2.48. The largest absolute Gasteiger partial charge is 0.496 e. The number of nitrogens with two attached hydrogens (primary N) is 1.